The van der Waals surface area contributed by atoms with Gasteiger partial charge in [0.25, 0.3) is 0 Å². The third kappa shape index (κ3) is 4.25. The number of aryl methyl sites for hydroxylation is 1. The van der Waals surface area contributed by atoms with Crippen molar-refractivity contribution in [3.8, 4) is 6.07 Å². The monoisotopic (exact) mass is 307 g/mol. The molecule has 0 aliphatic rings. The van der Waals surface area contributed by atoms with E-state index in [9.17, 15) is 14.9 Å². The Labute approximate surface area is 129 Å². The van der Waals surface area contributed by atoms with E-state index in [0.717, 1.165) is 0 Å². The summed E-state index contributed by atoms with van der Waals surface area (Å²) in [4.78, 5) is 24.0. The fourth-order valence-corrected chi connectivity index (χ4v) is 1.84. The Morgan fingerprint density at radius 3 is 2.45 bits per heavy atom. The second-order valence-electron chi connectivity index (χ2n) is 5.51. The third-order valence-corrected chi connectivity index (χ3v) is 2.63. The molecule has 22 heavy (non-hydrogen) atoms. The van der Waals surface area contributed by atoms with Gasteiger partial charge in [0.15, 0.2) is 5.69 Å². The highest BCUT2D eigenvalue weighted by atomic mass is 16.6. The number of hydrogen-bond acceptors (Lipinski definition) is 5. The van der Waals surface area contributed by atoms with E-state index in [4.69, 9.17) is 9.47 Å². The number of nitriles is 1. The molecule has 7 heteroatoms. The number of anilines is 1. The number of carbonyl (C=O) groups excluding carboxylic acids is 2. The van der Waals surface area contributed by atoms with Crippen LogP contribution in [0.2, 0.25) is 0 Å². The molecule has 1 aromatic rings. The number of nitrogens with one attached hydrogen (secondary N) is 1. The Bertz CT molecular complexity index is 606. The van der Waals surface area contributed by atoms with Crippen LogP contribution in [0.4, 0.5) is 10.5 Å². The van der Waals surface area contributed by atoms with Crippen LogP contribution in [0.3, 0.4) is 0 Å². The van der Waals surface area contributed by atoms with Crippen molar-refractivity contribution in [3.63, 3.8) is 0 Å². The molecule has 0 bridgehead atoms. The van der Waals surface area contributed by atoms with Crippen LogP contribution in [0.25, 0.3) is 0 Å². The van der Waals surface area contributed by atoms with Gasteiger partial charge in [0.2, 0.25) is 0 Å². The lowest BCUT2D eigenvalue weighted by Crippen LogP contribution is -2.28. The summed E-state index contributed by atoms with van der Waals surface area (Å²) >= 11 is 0. The van der Waals surface area contributed by atoms with Gasteiger partial charge in [-0.1, -0.05) is 0 Å². The Morgan fingerprint density at radius 1 is 1.36 bits per heavy atom. The van der Waals surface area contributed by atoms with Gasteiger partial charge in [0, 0.05) is 12.7 Å². The van der Waals surface area contributed by atoms with Gasteiger partial charge in [0.1, 0.15) is 11.7 Å². The minimum atomic E-state index is -0.733. The highest BCUT2D eigenvalue weighted by Gasteiger charge is 2.26. The summed E-state index contributed by atoms with van der Waals surface area (Å²) in [5.41, 5.74) is -0.270. The summed E-state index contributed by atoms with van der Waals surface area (Å²) in [6.45, 7) is 9.33. The third-order valence-electron chi connectivity index (χ3n) is 2.63. The molecular formula is C15H21N3O4. The topological polar surface area (TPSA) is 93.3 Å². The Morgan fingerprint density at radius 2 is 2.00 bits per heavy atom. The van der Waals surface area contributed by atoms with Gasteiger partial charge in [-0.2, -0.15) is 5.26 Å². The van der Waals surface area contributed by atoms with Crippen LogP contribution in [0.15, 0.2) is 6.20 Å². The molecule has 1 rings (SSSR count). The molecule has 0 fully saturated rings. The number of esters is 1. The quantitative estimate of drug-likeness (QED) is 0.863. The van der Waals surface area contributed by atoms with Crippen LogP contribution in [0.5, 0.6) is 0 Å². The summed E-state index contributed by atoms with van der Waals surface area (Å²) < 4.78 is 11.7. The first-order valence-electron chi connectivity index (χ1n) is 7.03. The van der Waals surface area contributed by atoms with Crippen LogP contribution in [0, 0.1) is 11.3 Å². The van der Waals surface area contributed by atoms with Gasteiger partial charge in [-0.25, -0.2) is 9.59 Å². The normalized spacial score (nSPS) is 10.7. The molecule has 1 amide bonds. The Hall–Kier alpha value is -2.49. The van der Waals surface area contributed by atoms with Crippen molar-refractivity contribution in [1.82, 2.24) is 4.57 Å². The molecule has 0 spiro atoms. The van der Waals surface area contributed by atoms with Crippen LogP contribution in [-0.4, -0.2) is 28.8 Å². The molecule has 0 aromatic carbocycles. The van der Waals surface area contributed by atoms with Crippen molar-refractivity contribution in [2.45, 2.75) is 46.8 Å². The molecular weight excluding hydrogens is 286 g/mol. The highest BCUT2D eigenvalue weighted by Crippen LogP contribution is 2.25. The maximum Gasteiger partial charge on any atom is 0.412 e. The summed E-state index contributed by atoms with van der Waals surface area (Å²) in [6, 6.07) is 1.96. The number of rotatable bonds is 4. The maximum atomic E-state index is 12.1. The van der Waals surface area contributed by atoms with E-state index in [1.807, 2.05) is 13.0 Å². The van der Waals surface area contributed by atoms with E-state index in [0.29, 0.717) is 6.54 Å². The predicted octanol–water partition coefficient (Wildman–Crippen LogP) is 2.90. The lowest BCUT2D eigenvalue weighted by molar-refractivity contribution is 0.0515. The van der Waals surface area contributed by atoms with Gasteiger partial charge in [-0.15, -0.1) is 0 Å². The summed E-state index contributed by atoms with van der Waals surface area (Å²) in [7, 11) is 0. The smallest absolute Gasteiger partial charge is 0.412 e. The average molecular weight is 307 g/mol. The predicted molar refractivity (Wildman–Crippen MR) is 80.6 cm³/mol. The zero-order chi connectivity index (χ0) is 16.9. The molecule has 0 saturated heterocycles. The molecule has 7 nitrogen and oxygen atoms in total. The Kier molecular flexibility index (Phi) is 5.57. The fraction of sp³-hybridized carbons (Fsp3) is 0.533. The molecule has 1 heterocycles. The number of nitrogens with zero attached hydrogens (tertiary/aromatic N) is 2. The lowest BCUT2D eigenvalue weighted by Gasteiger charge is -2.20. The minimum absolute atomic E-state index is 0.108. The lowest BCUT2D eigenvalue weighted by atomic mass is 10.2. The van der Waals surface area contributed by atoms with Crippen molar-refractivity contribution < 1.29 is 19.1 Å². The van der Waals surface area contributed by atoms with Crippen molar-refractivity contribution in [1.29, 1.82) is 5.26 Å². The van der Waals surface area contributed by atoms with E-state index in [1.165, 1.54) is 6.20 Å². The molecule has 0 atom stereocenters. The zero-order valence-corrected chi connectivity index (χ0v) is 13.5. The maximum absolute atomic E-state index is 12.1. The van der Waals surface area contributed by atoms with Crippen molar-refractivity contribution in [2.24, 2.45) is 0 Å². The molecule has 0 unspecified atom stereocenters. The van der Waals surface area contributed by atoms with E-state index in [2.05, 4.69) is 5.32 Å². The van der Waals surface area contributed by atoms with E-state index in [-0.39, 0.29) is 23.6 Å². The standard InChI is InChI=1S/C15H21N3O4/c1-6-18-9-10(8-16)11(12(18)13(19)21-7-2)17-14(20)22-15(3,4)5/h9H,6-7H2,1-5H3,(H,17,20). The van der Waals surface area contributed by atoms with Gasteiger partial charge < -0.3 is 14.0 Å². The number of amides is 1. The van der Waals surface area contributed by atoms with Crippen molar-refractivity contribution in [2.75, 3.05) is 11.9 Å². The van der Waals surface area contributed by atoms with E-state index < -0.39 is 17.7 Å². The van der Waals surface area contributed by atoms with Crippen LogP contribution < -0.4 is 5.32 Å². The van der Waals surface area contributed by atoms with E-state index in [1.54, 1.807) is 32.3 Å². The molecule has 0 saturated carbocycles. The van der Waals surface area contributed by atoms with Crippen LogP contribution in [0.1, 0.15) is 50.7 Å². The SMILES string of the molecule is CCOC(=O)c1c(NC(=O)OC(C)(C)C)c(C#N)cn1CC. The van der Waals surface area contributed by atoms with Gasteiger partial charge in [-0.05, 0) is 34.6 Å². The minimum Gasteiger partial charge on any atom is -0.461 e. The molecule has 1 N–H and O–H groups in total. The van der Waals surface area contributed by atoms with Gasteiger partial charge in [-0.3, -0.25) is 5.32 Å². The molecule has 120 valence electrons. The average Bonchev–Trinajstić information content (AvgIpc) is 2.74. The van der Waals surface area contributed by atoms with Crippen molar-refractivity contribution >= 4 is 17.7 Å². The number of carbonyl (C=O) groups is 2. The second-order valence-corrected chi connectivity index (χ2v) is 5.51. The summed E-state index contributed by atoms with van der Waals surface area (Å²) in [6.07, 6.45) is 0.766. The molecule has 0 aliphatic carbocycles. The molecule has 1 aromatic heterocycles. The summed E-state index contributed by atoms with van der Waals surface area (Å²) in [5, 5.41) is 11.7. The first-order chi connectivity index (χ1) is 10.2. The molecule has 0 radical (unpaired) electrons. The second kappa shape index (κ2) is 6.98. The zero-order valence-electron chi connectivity index (χ0n) is 13.5. The van der Waals surface area contributed by atoms with Crippen molar-refractivity contribution in [3.05, 3.63) is 17.5 Å². The number of aromatic nitrogens is 1. The van der Waals surface area contributed by atoms with Gasteiger partial charge >= 0.3 is 12.1 Å². The fourth-order valence-electron chi connectivity index (χ4n) is 1.84. The van der Waals surface area contributed by atoms with Gasteiger partial charge in [0.05, 0.1) is 17.9 Å². The first-order valence-corrected chi connectivity index (χ1v) is 7.03. The van der Waals surface area contributed by atoms with Crippen LogP contribution >= 0.6 is 0 Å². The largest absolute Gasteiger partial charge is 0.461 e. The highest BCUT2D eigenvalue weighted by molar-refractivity contribution is 6.00. The molecule has 0 aliphatic heterocycles. The number of ether oxygens (including phenoxy) is 2. The Balaban J connectivity index is 3.21. The first kappa shape index (κ1) is 17.6. The number of hydrogen-bond donors (Lipinski definition) is 1. The van der Waals surface area contributed by atoms with Crippen LogP contribution in [-0.2, 0) is 16.0 Å². The summed E-state index contributed by atoms with van der Waals surface area (Å²) in [5.74, 6) is -0.600. The van der Waals surface area contributed by atoms with E-state index >= 15 is 0 Å².